The Labute approximate surface area is 113 Å². The van der Waals surface area contributed by atoms with E-state index in [0.29, 0.717) is 18.3 Å². The minimum Gasteiger partial charge on any atom is -0.365 e. The standard InChI is InChI=1S/C16H32O2/c1-5-8-9-10-14(6-2)15(7-3)13(4)11-12-16(15,17)18/h13-14,17-18H,5-12H2,1-4H3. The first-order valence-corrected chi connectivity index (χ1v) is 7.91. The molecule has 1 rings (SSSR count). The predicted octanol–water partition coefficient (Wildman–Crippen LogP) is 4.10. The first-order valence-electron chi connectivity index (χ1n) is 7.91. The second kappa shape index (κ2) is 6.38. The van der Waals surface area contributed by atoms with Crippen LogP contribution < -0.4 is 0 Å². The van der Waals surface area contributed by atoms with E-state index < -0.39 is 5.79 Å². The summed E-state index contributed by atoms with van der Waals surface area (Å²) in [6.45, 7) is 8.76. The van der Waals surface area contributed by atoms with Gasteiger partial charge in [-0.3, -0.25) is 0 Å². The fourth-order valence-corrected chi connectivity index (χ4v) is 4.42. The molecule has 2 N–H and O–H groups in total. The van der Waals surface area contributed by atoms with E-state index in [-0.39, 0.29) is 5.41 Å². The number of rotatable bonds is 7. The Morgan fingerprint density at radius 3 is 2.22 bits per heavy atom. The highest BCUT2D eigenvalue weighted by molar-refractivity contribution is 5.03. The van der Waals surface area contributed by atoms with Crippen LogP contribution in [0.25, 0.3) is 0 Å². The van der Waals surface area contributed by atoms with Crippen molar-refractivity contribution in [2.45, 2.75) is 84.8 Å². The Balaban J connectivity index is 2.89. The third kappa shape index (κ3) is 2.60. The summed E-state index contributed by atoms with van der Waals surface area (Å²) in [7, 11) is 0. The van der Waals surface area contributed by atoms with Gasteiger partial charge in [0.1, 0.15) is 0 Å². The summed E-state index contributed by atoms with van der Waals surface area (Å²) in [5.41, 5.74) is -0.282. The lowest BCUT2D eigenvalue weighted by Crippen LogP contribution is -2.51. The maximum absolute atomic E-state index is 10.5. The van der Waals surface area contributed by atoms with Crippen LogP contribution in [0.15, 0.2) is 0 Å². The van der Waals surface area contributed by atoms with Gasteiger partial charge in [-0.25, -0.2) is 0 Å². The maximum Gasteiger partial charge on any atom is 0.168 e. The largest absolute Gasteiger partial charge is 0.365 e. The molecule has 0 bridgehead atoms. The van der Waals surface area contributed by atoms with E-state index in [4.69, 9.17) is 0 Å². The zero-order valence-electron chi connectivity index (χ0n) is 12.7. The number of hydrogen-bond donors (Lipinski definition) is 2. The summed E-state index contributed by atoms with van der Waals surface area (Å²) in [4.78, 5) is 0. The average Bonchev–Trinajstić information content (AvgIpc) is 2.57. The summed E-state index contributed by atoms with van der Waals surface area (Å²) >= 11 is 0. The van der Waals surface area contributed by atoms with E-state index in [0.717, 1.165) is 25.7 Å². The van der Waals surface area contributed by atoms with Crippen LogP contribution in [-0.4, -0.2) is 16.0 Å². The van der Waals surface area contributed by atoms with Crippen LogP contribution in [0.3, 0.4) is 0 Å². The lowest BCUT2D eigenvalue weighted by atomic mass is 9.62. The van der Waals surface area contributed by atoms with Gasteiger partial charge in [0.15, 0.2) is 5.79 Å². The van der Waals surface area contributed by atoms with Gasteiger partial charge in [-0.05, 0) is 31.1 Å². The molecule has 1 fully saturated rings. The van der Waals surface area contributed by atoms with Crippen LogP contribution in [0.5, 0.6) is 0 Å². The molecule has 18 heavy (non-hydrogen) atoms. The van der Waals surface area contributed by atoms with Gasteiger partial charge in [-0.1, -0.05) is 53.4 Å². The minimum atomic E-state index is -1.45. The third-order valence-electron chi connectivity index (χ3n) is 5.51. The molecule has 1 saturated carbocycles. The van der Waals surface area contributed by atoms with Gasteiger partial charge in [0, 0.05) is 11.8 Å². The molecule has 3 unspecified atom stereocenters. The van der Waals surface area contributed by atoms with Crippen molar-refractivity contribution in [2.75, 3.05) is 0 Å². The van der Waals surface area contributed by atoms with Crippen molar-refractivity contribution in [3.8, 4) is 0 Å². The van der Waals surface area contributed by atoms with Crippen LogP contribution in [0.2, 0.25) is 0 Å². The number of aliphatic hydroxyl groups is 2. The monoisotopic (exact) mass is 256 g/mol. The van der Waals surface area contributed by atoms with Gasteiger partial charge in [-0.2, -0.15) is 0 Å². The first kappa shape index (κ1) is 16.0. The highest BCUT2D eigenvalue weighted by Crippen LogP contribution is 2.58. The first-order chi connectivity index (χ1) is 8.46. The van der Waals surface area contributed by atoms with E-state index in [1.807, 2.05) is 0 Å². The van der Waals surface area contributed by atoms with E-state index in [9.17, 15) is 10.2 Å². The fourth-order valence-electron chi connectivity index (χ4n) is 4.42. The molecular weight excluding hydrogens is 224 g/mol. The highest BCUT2D eigenvalue weighted by Gasteiger charge is 2.59. The van der Waals surface area contributed by atoms with E-state index in [2.05, 4.69) is 27.7 Å². The molecule has 0 saturated heterocycles. The van der Waals surface area contributed by atoms with Crippen molar-refractivity contribution in [1.29, 1.82) is 0 Å². The van der Waals surface area contributed by atoms with Gasteiger partial charge >= 0.3 is 0 Å². The normalized spacial score (nSPS) is 32.7. The molecule has 0 aliphatic heterocycles. The van der Waals surface area contributed by atoms with Crippen LogP contribution in [0, 0.1) is 17.3 Å². The molecule has 0 aromatic carbocycles. The number of hydrogen-bond acceptors (Lipinski definition) is 2. The summed E-state index contributed by atoms with van der Waals surface area (Å²) < 4.78 is 0. The third-order valence-corrected chi connectivity index (χ3v) is 5.51. The highest BCUT2D eigenvalue weighted by atomic mass is 16.5. The topological polar surface area (TPSA) is 40.5 Å². The maximum atomic E-state index is 10.5. The Morgan fingerprint density at radius 2 is 1.83 bits per heavy atom. The van der Waals surface area contributed by atoms with Crippen molar-refractivity contribution in [1.82, 2.24) is 0 Å². The van der Waals surface area contributed by atoms with Crippen molar-refractivity contribution >= 4 is 0 Å². The molecule has 1 aliphatic rings. The van der Waals surface area contributed by atoms with Crippen LogP contribution in [-0.2, 0) is 0 Å². The van der Waals surface area contributed by atoms with Gasteiger partial charge < -0.3 is 10.2 Å². The Bertz CT molecular complexity index is 249. The van der Waals surface area contributed by atoms with Crippen LogP contribution in [0.4, 0.5) is 0 Å². The van der Waals surface area contributed by atoms with Crippen molar-refractivity contribution < 1.29 is 10.2 Å². The molecule has 0 heterocycles. The molecule has 2 nitrogen and oxygen atoms in total. The molecule has 0 spiro atoms. The molecule has 1 aliphatic carbocycles. The zero-order chi connectivity index (χ0) is 13.8. The Hall–Kier alpha value is -0.0800. The Kier molecular flexibility index (Phi) is 5.67. The number of unbranched alkanes of at least 4 members (excludes halogenated alkanes) is 2. The summed E-state index contributed by atoms with van der Waals surface area (Å²) in [6.07, 6.45) is 8.29. The second-order valence-electron chi connectivity index (χ2n) is 6.25. The van der Waals surface area contributed by atoms with Crippen molar-refractivity contribution in [2.24, 2.45) is 17.3 Å². The molecule has 0 aromatic heterocycles. The molecule has 3 atom stereocenters. The lowest BCUT2D eigenvalue weighted by Gasteiger charge is -2.47. The predicted molar refractivity (Wildman–Crippen MR) is 76.2 cm³/mol. The van der Waals surface area contributed by atoms with Crippen LogP contribution in [0.1, 0.15) is 79.1 Å². The van der Waals surface area contributed by atoms with Gasteiger partial charge in [0.25, 0.3) is 0 Å². The molecule has 0 radical (unpaired) electrons. The summed E-state index contributed by atoms with van der Waals surface area (Å²) in [5.74, 6) is -0.584. The van der Waals surface area contributed by atoms with E-state index in [1.54, 1.807) is 0 Å². The van der Waals surface area contributed by atoms with E-state index >= 15 is 0 Å². The molecule has 108 valence electrons. The summed E-state index contributed by atoms with van der Waals surface area (Å²) in [6, 6.07) is 0. The van der Waals surface area contributed by atoms with Crippen LogP contribution >= 0.6 is 0 Å². The molecular formula is C16H32O2. The molecule has 0 amide bonds. The second-order valence-corrected chi connectivity index (χ2v) is 6.25. The minimum absolute atomic E-state index is 0.282. The van der Waals surface area contributed by atoms with Crippen molar-refractivity contribution in [3.05, 3.63) is 0 Å². The zero-order valence-corrected chi connectivity index (χ0v) is 12.7. The molecule has 0 aromatic rings. The SMILES string of the molecule is CCCCCC(CC)C1(CC)C(C)CCC1(O)O. The Morgan fingerprint density at radius 1 is 1.17 bits per heavy atom. The molecule has 2 heteroatoms. The van der Waals surface area contributed by atoms with E-state index in [1.165, 1.54) is 19.3 Å². The summed E-state index contributed by atoms with van der Waals surface area (Å²) in [5, 5.41) is 21.0. The smallest absolute Gasteiger partial charge is 0.168 e. The lowest BCUT2D eigenvalue weighted by molar-refractivity contribution is -0.254. The van der Waals surface area contributed by atoms with Gasteiger partial charge in [0.05, 0.1) is 0 Å². The average molecular weight is 256 g/mol. The van der Waals surface area contributed by atoms with Gasteiger partial charge in [0.2, 0.25) is 0 Å². The quantitative estimate of drug-likeness (QED) is 0.532. The van der Waals surface area contributed by atoms with Crippen molar-refractivity contribution in [3.63, 3.8) is 0 Å². The fraction of sp³-hybridized carbons (Fsp3) is 1.00. The van der Waals surface area contributed by atoms with Gasteiger partial charge in [-0.15, -0.1) is 0 Å².